The molecule has 1 aliphatic heterocycles. The van der Waals surface area contributed by atoms with Crippen molar-refractivity contribution in [1.82, 2.24) is 9.97 Å². The Hall–Kier alpha value is -2.15. The van der Waals surface area contributed by atoms with Gasteiger partial charge < -0.3 is 14.7 Å². The van der Waals surface area contributed by atoms with Gasteiger partial charge in [-0.2, -0.15) is 0 Å². The highest BCUT2D eigenvalue weighted by atomic mass is 79.9. The third kappa shape index (κ3) is 3.79. The Bertz CT molecular complexity index is 685. The summed E-state index contributed by atoms with van der Waals surface area (Å²) in [5.41, 5.74) is 0. The molecule has 0 radical (unpaired) electrons. The van der Waals surface area contributed by atoms with Crippen LogP contribution >= 0.6 is 15.9 Å². The summed E-state index contributed by atoms with van der Waals surface area (Å²) in [6, 6.07) is 7.48. The summed E-state index contributed by atoms with van der Waals surface area (Å²) >= 11 is 3.39. The van der Waals surface area contributed by atoms with Crippen LogP contribution in [0.4, 0.5) is 5.82 Å². The fraction of sp³-hybridized carbons (Fsp3) is 0.312. The van der Waals surface area contributed by atoms with Crippen molar-refractivity contribution in [3.8, 4) is 11.6 Å². The van der Waals surface area contributed by atoms with Crippen LogP contribution in [0.25, 0.3) is 0 Å². The predicted molar refractivity (Wildman–Crippen MR) is 88.8 cm³/mol. The second kappa shape index (κ2) is 6.95. The first-order valence-electron chi connectivity index (χ1n) is 7.35. The molecular weight excluding hydrogens is 362 g/mol. The number of anilines is 1. The highest BCUT2D eigenvalue weighted by Gasteiger charge is 2.27. The van der Waals surface area contributed by atoms with Gasteiger partial charge in [-0.25, -0.2) is 9.97 Å². The largest absolute Gasteiger partial charge is 0.481 e. The van der Waals surface area contributed by atoms with Crippen molar-refractivity contribution in [1.29, 1.82) is 0 Å². The molecular formula is C16H16BrN3O3. The van der Waals surface area contributed by atoms with Gasteiger partial charge in [0.25, 0.3) is 5.88 Å². The Morgan fingerprint density at radius 3 is 2.48 bits per heavy atom. The molecule has 0 bridgehead atoms. The molecule has 1 aromatic heterocycles. The lowest BCUT2D eigenvalue weighted by Crippen LogP contribution is -2.37. The molecule has 0 unspecified atom stereocenters. The van der Waals surface area contributed by atoms with Crippen LogP contribution in [-0.2, 0) is 4.79 Å². The van der Waals surface area contributed by atoms with Crippen LogP contribution in [0.1, 0.15) is 12.8 Å². The van der Waals surface area contributed by atoms with Gasteiger partial charge in [0.05, 0.1) is 5.92 Å². The summed E-state index contributed by atoms with van der Waals surface area (Å²) in [5, 5.41) is 9.09. The Labute approximate surface area is 142 Å². The number of halogens is 1. The van der Waals surface area contributed by atoms with E-state index in [-0.39, 0.29) is 5.92 Å². The van der Waals surface area contributed by atoms with E-state index in [4.69, 9.17) is 9.84 Å². The zero-order valence-electron chi connectivity index (χ0n) is 12.4. The quantitative estimate of drug-likeness (QED) is 0.880. The standard InChI is InChI=1S/C16H16BrN3O3/c17-12-1-3-13(4-2-12)23-15-14(18-7-8-19-15)20-9-5-11(6-10-20)16(21)22/h1-4,7-8,11H,5-6,9-10H2,(H,21,22). The molecule has 6 nitrogen and oxygen atoms in total. The van der Waals surface area contributed by atoms with E-state index in [1.165, 1.54) is 0 Å². The van der Waals surface area contributed by atoms with Crippen LogP contribution in [0, 0.1) is 5.92 Å². The monoisotopic (exact) mass is 377 g/mol. The number of carbonyl (C=O) groups is 1. The van der Waals surface area contributed by atoms with Crippen LogP contribution in [0.5, 0.6) is 11.6 Å². The van der Waals surface area contributed by atoms with Crippen molar-refractivity contribution >= 4 is 27.7 Å². The summed E-state index contributed by atoms with van der Waals surface area (Å²) in [5.74, 6) is 0.757. The van der Waals surface area contributed by atoms with E-state index in [0.29, 0.717) is 43.4 Å². The summed E-state index contributed by atoms with van der Waals surface area (Å²) in [6.07, 6.45) is 4.40. The molecule has 0 spiro atoms. The second-order valence-corrected chi connectivity index (χ2v) is 6.26. The number of hydrogen-bond donors (Lipinski definition) is 1. The smallest absolute Gasteiger partial charge is 0.306 e. The number of ether oxygens (including phenoxy) is 1. The number of rotatable bonds is 4. The Kier molecular flexibility index (Phi) is 4.76. The lowest BCUT2D eigenvalue weighted by atomic mass is 9.97. The Morgan fingerprint density at radius 2 is 1.83 bits per heavy atom. The molecule has 3 rings (SSSR count). The second-order valence-electron chi connectivity index (χ2n) is 5.34. The molecule has 2 aromatic rings. The van der Waals surface area contributed by atoms with Gasteiger partial charge in [-0.3, -0.25) is 4.79 Å². The van der Waals surface area contributed by atoms with Crippen LogP contribution < -0.4 is 9.64 Å². The number of piperidine rings is 1. The van der Waals surface area contributed by atoms with E-state index in [9.17, 15) is 4.79 Å². The molecule has 7 heteroatoms. The average Bonchev–Trinajstić information content (AvgIpc) is 2.57. The van der Waals surface area contributed by atoms with Gasteiger partial charge >= 0.3 is 5.97 Å². The zero-order valence-corrected chi connectivity index (χ0v) is 13.9. The van der Waals surface area contributed by atoms with E-state index in [2.05, 4.69) is 25.9 Å². The average molecular weight is 378 g/mol. The van der Waals surface area contributed by atoms with Gasteiger partial charge in [0.1, 0.15) is 5.75 Å². The van der Waals surface area contributed by atoms with Crippen LogP contribution in [0.15, 0.2) is 41.1 Å². The molecule has 23 heavy (non-hydrogen) atoms. The van der Waals surface area contributed by atoms with E-state index >= 15 is 0 Å². The molecule has 0 aliphatic carbocycles. The van der Waals surface area contributed by atoms with Crippen molar-refractivity contribution in [3.05, 3.63) is 41.1 Å². The summed E-state index contributed by atoms with van der Waals surface area (Å²) in [7, 11) is 0. The van der Waals surface area contributed by atoms with E-state index in [0.717, 1.165) is 4.47 Å². The van der Waals surface area contributed by atoms with Gasteiger partial charge in [0.15, 0.2) is 5.82 Å². The fourth-order valence-electron chi connectivity index (χ4n) is 2.56. The summed E-state index contributed by atoms with van der Waals surface area (Å²) in [6.45, 7) is 1.26. The van der Waals surface area contributed by atoms with Gasteiger partial charge in [0.2, 0.25) is 0 Å². The van der Waals surface area contributed by atoms with Gasteiger partial charge in [0, 0.05) is 30.0 Å². The van der Waals surface area contributed by atoms with Crippen molar-refractivity contribution in [2.24, 2.45) is 5.92 Å². The first-order valence-corrected chi connectivity index (χ1v) is 8.15. The van der Waals surface area contributed by atoms with Crippen LogP contribution in [-0.4, -0.2) is 34.1 Å². The Morgan fingerprint density at radius 1 is 1.17 bits per heavy atom. The molecule has 1 saturated heterocycles. The van der Waals surface area contributed by atoms with Crippen molar-refractivity contribution < 1.29 is 14.6 Å². The first-order chi connectivity index (χ1) is 11.1. The lowest BCUT2D eigenvalue weighted by molar-refractivity contribution is -0.142. The maximum Gasteiger partial charge on any atom is 0.306 e. The third-order valence-corrected chi connectivity index (χ3v) is 4.35. The maximum absolute atomic E-state index is 11.1. The number of carboxylic acid groups (broad SMARTS) is 1. The summed E-state index contributed by atoms with van der Waals surface area (Å²) in [4.78, 5) is 21.7. The number of nitrogens with zero attached hydrogens (tertiary/aromatic N) is 3. The number of aromatic nitrogens is 2. The van der Waals surface area contributed by atoms with Crippen molar-refractivity contribution in [3.63, 3.8) is 0 Å². The van der Waals surface area contributed by atoms with Crippen LogP contribution in [0.3, 0.4) is 0 Å². The van der Waals surface area contributed by atoms with Gasteiger partial charge in [-0.15, -0.1) is 0 Å². The highest BCUT2D eigenvalue weighted by molar-refractivity contribution is 9.10. The normalized spacial score (nSPS) is 15.4. The summed E-state index contributed by atoms with van der Waals surface area (Å²) < 4.78 is 6.81. The topological polar surface area (TPSA) is 75.5 Å². The van der Waals surface area contributed by atoms with E-state index in [1.54, 1.807) is 12.4 Å². The van der Waals surface area contributed by atoms with Crippen molar-refractivity contribution in [2.45, 2.75) is 12.8 Å². The van der Waals surface area contributed by atoms with Gasteiger partial charge in [-0.05, 0) is 37.1 Å². The zero-order chi connectivity index (χ0) is 16.2. The van der Waals surface area contributed by atoms with Gasteiger partial charge in [-0.1, -0.05) is 15.9 Å². The minimum Gasteiger partial charge on any atom is -0.481 e. The van der Waals surface area contributed by atoms with E-state index < -0.39 is 5.97 Å². The first kappa shape index (κ1) is 15.7. The SMILES string of the molecule is O=C(O)C1CCN(c2nccnc2Oc2ccc(Br)cc2)CC1. The molecule has 1 fully saturated rings. The van der Waals surface area contributed by atoms with E-state index in [1.807, 2.05) is 29.2 Å². The lowest BCUT2D eigenvalue weighted by Gasteiger charge is -2.31. The molecule has 0 atom stereocenters. The molecule has 1 aliphatic rings. The number of aliphatic carboxylic acids is 1. The molecule has 0 amide bonds. The minimum atomic E-state index is -0.727. The van der Waals surface area contributed by atoms with Crippen molar-refractivity contribution in [2.75, 3.05) is 18.0 Å². The predicted octanol–water partition coefficient (Wildman–Crippen LogP) is 3.33. The molecule has 1 aromatic carbocycles. The van der Waals surface area contributed by atoms with Crippen LogP contribution in [0.2, 0.25) is 0 Å². The number of carboxylic acids is 1. The Balaban J connectivity index is 1.76. The molecule has 2 heterocycles. The maximum atomic E-state index is 11.1. The highest BCUT2D eigenvalue weighted by Crippen LogP contribution is 2.31. The molecule has 1 N–H and O–H groups in total. The molecule has 120 valence electrons. The third-order valence-electron chi connectivity index (χ3n) is 3.82. The fourth-order valence-corrected chi connectivity index (χ4v) is 2.82. The molecule has 0 saturated carbocycles. The minimum absolute atomic E-state index is 0.279. The number of benzene rings is 1. The number of hydrogen-bond acceptors (Lipinski definition) is 5.